The molecule has 1 unspecified atom stereocenters. The van der Waals surface area contributed by atoms with Crippen molar-refractivity contribution >= 4 is 5.69 Å². The highest BCUT2D eigenvalue weighted by Gasteiger charge is 2.34. The van der Waals surface area contributed by atoms with Crippen molar-refractivity contribution in [3.05, 3.63) is 29.3 Å². The number of rotatable bonds is 2. The zero-order valence-electron chi connectivity index (χ0n) is 11.2. The molecule has 108 valence electrons. The molecular formula is C14H16F3N3. The van der Waals surface area contributed by atoms with Crippen molar-refractivity contribution in [2.75, 3.05) is 25.0 Å². The van der Waals surface area contributed by atoms with Crippen molar-refractivity contribution in [1.29, 1.82) is 5.26 Å². The molecule has 0 spiro atoms. The van der Waals surface area contributed by atoms with Crippen LogP contribution in [-0.2, 0) is 6.18 Å². The molecule has 20 heavy (non-hydrogen) atoms. The van der Waals surface area contributed by atoms with E-state index in [9.17, 15) is 13.2 Å². The van der Waals surface area contributed by atoms with Gasteiger partial charge in [-0.2, -0.15) is 18.4 Å². The topological polar surface area (TPSA) is 39.1 Å². The Kier molecular flexibility index (Phi) is 4.19. The molecule has 0 aliphatic carbocycles. The van der Waals surface area contributed by atoms with Crippen molar-refractivity contribution in [2.24, 2.45) is 0 Å². The molecular weight excluding hydrogens is 267 g/mol. The minimum Gasteiger partial charge on any atom is -0.370 e. The first-order valence-corrected chi connectivity index (χ1v) is 6.49. The number of nitrogens with one attached hydrogen (secondary N) is 1. The van der Waals surface area contributed by atoms with Crippen LogP contribution in [0, 0.1) is 11.3 Å². The average molecular weight is 283 g/mol. The second-order valence-electron chi connectivity index (χ2n) is 4.91. The van der Waals surface area contributed by atoms with Gasteiger partial charge in [0.25, 0.3) is 0 Å². The van der Waals surface area contributed by atoms with E-state index in [0.29, 0.717) is 11.7 Å². The molecule has 3 nitrogen and oxygen atoms in total. The van der Waals surface area contributed by atoms with Crippen LogP contribution >= 0.6 is 0 Å². The van der Waals surface area contributed by atoms with Gasteiger partial charge in [-0.1, -0.05) is 0 Å². The van der Waals surface area contributed by atoms with Gasteiger partial charge in [0.2, 0.25) is 0 Å². The summed E-state index contributed by atoms with van der Waals surface area (Å²) in [4.78, 5) is 2.02. The number of hydrogen-bond acceptors (Lipinski definition) is 3. The number of nitriles is 1. The summed E-state index contributed by atoms with van der Waals surface area (Å²) in [5.74, 6) is 0. The Hall–Kier alpha value is -1.74. The molecule has 2 rings (SSSR count). The fourth-order valence-corrected chi connectivity index (χ4v) is 2.52. The lowest BCUT2D eigenvalue weighted by Gasteiger charge is -2.34. The Bertz CT molecular complexity index is 519. The summed E-state index contributed by atoms with van der Waals surface area (Å²) in [5, 5.41) is 12.1. The highest BCUT2D eigenvalue weighted by Crippen LogP contribution is 2.34. The first kappa shape index (κ1) is 14.7. The Labute approximate surface area is 116 Å². The molecule has 6 heteroatoms. The maximum atomic E-state index is 12.8. The van der Waals surface area contributed by atoms with Gasteiger partial charge in [-0.15, -0.1) is 0 Å². The number of alkyl halides is 3. The molecule has 0 amide bonds. The maximum Gasteiger partial charge on any atom is 0.417 e. The molecule has 1 fully saturated rings. The predicted octanol–water partition coefficient (Wildman–Crippen LogP) is 2.77. The SMILES string of the molecule is CNC1CCCN(c2ccc(C(F)(F)F)c(C#N)c2)C1. The molecule has 0 aromatic heterocycles. The Morgan fingerprint density at radius 3 is 2.75 bits per heavy atom. The standard InChI is InChI=1S/C14H16F3N3/c1-19-11-3-2-6-20(9-11)12-4-5-13(14(15,16)17)10(7-12)8-18/h4-5,7,11,19H,2-3,6,9H2,1H3. The van der Waals surface area contributed by atoms with Crippen LogP contribution in [0.15, 0.2) is 18.2 Å². The number of benzene rings is 1. The van der Waals surface area contributed by atoms with Gasteiger partial charge in [-0.25, -0.2) is 0 Å². The molecule has 0 saturated carbocycles. The summed E-state index contributed by atoms with van der Waals surface area (Å²) in [6.07, 6.45) is -2.45. The lowest BCUT2D eigenvalue weighted by atomic mass is 10.0. The van der Waals surface area contributed by atoms with Crippen LogP contribution in [-0.4, -0.2) is 26.2 Å². The first-order valence-electron chi connectivity index (χ1n) is 6.49. The smallest absolute Gasteiger partial charge is 0.370 e. The van der Waals surface area contributed by atoms with Gasteiger partial charge < -0.3 is 10.2 Å². The number of hydrogen-bond donors (Lipinski definition) is 1. The summed E-state index contributed by atoms with van der Waals surface area (Å²) >= 11 is 0. The van der Waals surface area contributed by atoms with Crippen molar-refractivity contribution in [2.45, 2.75) is 25.1 Å². The van der Waals surface area contributed by atoms with E-state index in [1.54, 1.807) is 6.07 Å². The Balaban J connectivity index is 2.28. The van der Waals surface area contributed by atoms with Crippen molar-refractivity contribution < 1.29 is 13.2 Å². The lowest BCUT2D eigenvalue weighted by Crippen LogP contribution is -2.44. The molecule has 1 aromatic carbocycles. The number of likely N-dealkylation sites (N-methyl/N-ethyl adjacent to an activating group) is 1. The van der Waals surface area contributed by atoms with E-state index in [0.717, 1.165) is 32.0 Å². The summed E-state index contributed by atoms with van der Waals surface area (Å²) < 4.78 is 38.3. The van der Waals surface area contributed by atoms with Gasteiger partial charge in [0.15, 0.2) is 0 Å². The normalized spacial score (nSPS) is 19.8. The van der Waals surface area contributed by atoms with Crippen LogP contribution in [0.1, 0.15) is 24.0 Å². The number of anilines is 1. The molecule has 0 radical (unpaired) electrons. The zero-order valence-corrected chi connectivity index (χ0v) is 11.2. The quantitative estimate of drug-likeness (QED) is 0.907. The summed E-state index contributed by atoms with van der Waals surface area (Å²) in [5.41, 5.74) is -0.512. The summed E-state index contributed by atoms with van der Waals surface area (Å²) in [6, 6.07) is 5.75. The molecule has 1 atom stereocenters. The van der Waals surface area contributed by atoms with E-state index in [4.69, 9.17) is 5.26 Å². The molecule has 1 aliphatic heterocycles. The first-order chi connectivity index (χ1) is 9.45. The van der Waals surface area contributed by atoms with Crippen molar-refractivity contribution in [3.8, 4) is 6.07 Å². The van der Waals surface area contributed by atoms with Gasteiger partial charge in [-0.05, 0) is 38.1 Å². The fraction of sp³-hybridized carbons (Fsp3) is 0.500. The van der Waals surface area contributed by atoms with E-state index in [1.807, 2.05) is 11.9 Å². The molecule has 1 saturated heterocycles. The highest BCUT2D eigenvalue weighted by molar-refractivity contribution is 5.55. The third-order valence-corrected chi connectivity index (χ3v) is 3.62. The molecule has 1 N–H and O–H groups in total. The third-order valence-electron chi connectivity index (χ3n) is 3.62. The number of piperidine rings is 1. The summed E-state index contributed by atoms with van der Waals surface area (Å²) in [7, 11) is 1.88. The monoisotopic (exact) mass is 283 g/mol. The second-order valence-corrected chi connectivity index (χ2v) is 4.91. The van der Waals surface area contributed by atoms with Crippen LogP contribution in [0.25, 0.3) is 0 Å². The lowest BCUT2D eigenvalue weighted by molar-refractivity contribution is -0.137. The Morgan fingerprint density at radius 2 is 2.15 bits per heavy atom. The van der Waals surface area contributed by atoms with Gasteiger partial charge in [0, 0.05) is 24.8 Å². The molecule has 1 aromatic rings. The van der Waals surface area contributed by atoms with Gasteiger partial charge in [0.1, 0.15) is 0 Å². The average Bonchev–Trinajstić information content (AvgIpc) is 2.45. The number of nitrogens with zero attached hydrogens (tertiary/aromatic N) is 2. The number of halogens is 3. The Morgan fingerprint density at radius 1 is 1.40 bits per heavy atom. The molecule has 0 bridgehead atoms. The second kappa shape index (κ2) is 5.71. The van der Waals surface area contributed by atoms with Crippen LogP contribution in [0.2, 0.25) is 0 Å². The zero-order chi connectivity index (χ0) is 14.8. The van der Waals surface area contributed by atoms with Gasteiger partial charge >= 0.3 is 6.18 Å². The van der Waals surface area contributed by atoms with Crippen LogP contribution in [0.3, 0.4) is 0 Å². The molecule has 1 heterocycles. The maximum absolute atomic E-state index is 12.8. The third kappa shape index (κ3) is 3.05. The minimum absolute atomic E-state index is 0.318. The fourth-order valence-electron chi connectivity index (χ4n) is 2.52. The molecule has 1 aliphatic rings. The highest BCUT2D eigenvalue weighted by atomic mass is 19.4. The van der Waals surface area contributed by atoms with Crippen LogP contribution in [0.5, 0.6) is 0 Å². The van der Waals surface area contributed by atoms with E-state index in [-0.39, 0.29) is 5.56 Å². The predicted molar refractivity (Wildman–Crippen MR) is 70.5 cm³/mol. The van der Waals surface area contributed by atoms with Crippen molar-refractivity contribution in [3.63, 3.8) is 0 Å². The minimum atomic E-state index is -4.49. The van der Waals surface area contributed by atoms with Gasteiger partial charge in [0.05, 0.1) is 17.2 Å². The largest absolute Gasteiger partial charge is 0.417 e. The van der Waals surface area contributed by atoms with Crippen molar-refractivity contribution in [1.82, 2.24) is 5.32 Å². The summed E-state index contributed by atoms with van der Waals surface area (Å²) in [6.45, 7) is 1.54. The van der Waals surface area contributed by atoms with Crippen LogP contribution in [0.4, 0.5) is 18.9 Å². The van der Waals surface area contributed by atoms with E-state index >= 15 is 0 Å². The van der Waals surface area contributed by atoms with E-state index in [1.165, 1.54) is 12.1 Å². The van der Waals surface area contributed by atoms with Gasteiger partial charge in [-0.3, -0.25) is 0 Å². The van der Waals surface area contributed by atoms with Crippen LogP contribution < -0.4 is 10.2 Å². The van der Waals surface area contributed by atoms with E-state index < -0.39 is 11.7 Å². The van der Waals surface area contributed by atoms with E-state index in [2.05, 4.69) is 5.32 Å².